The highest BCUT2D eigenvalue weighted by Crippen LogP contribution is 2.17. The Morgan fingerprint density at radius 1 is 1.38 bits per heavy atom. The van der Waals surface area contributed by atoms with E-state index < -0.39 is 11.9 Å². The molecule has 0 aromatic carbocycles. The van der Waals surface area contributed by atoms with Crippen molar-refractivity contribution in [3.63, 3.8) is 0 Å². The monoisotopic (exact) mass is 228 g/mol. The van der Waals surface area contributed by atoms with Crippen LogP contribution in [0.1, 0.15) is 33.6 Å². The number of carboxylic acids is 1. The van der Waals surface area contributed by atoms with Crippen LogP contribution in [0.4, 0.5) is 4.79 Å². The maximum absolute atomic E-state index is 11.8. The van der Waals surface area contributed by atoms with E-state index in [4.69, 9.17) is 5.11 Å². The van der Waals surface area contributed by atoms with E-state index >= 15 is 0 Å². The summed E-state index contributed by atoms with van der Waals surface area (Å²) in [5.74, 6) is -1.23. The van der Waals surface area contributed by atoms with Crippen LogP contribution in [-0.2, 0) is 4.79 Å². The van der Waals surface area contributed by atoms with Crippen molar-refractivity contribution in [2.24, 2.45) is 5.92 Å². The molecule has 0 aromatic rings. The first kappa shape index (κ1) is 12.8. The zero-order valence-electron chi connectivity index (χ0n) is 10.1. The minimum absolute atomic E-state index is 0.168. The number of carbonyl (C=O) groups is 2. The van der Waals surface area contributed by atoms with E-state index in [9.17, 15) is 9.59 Å². The zero-order chi connectivity index (χ0) is 12.3. The predicted molar refractivity (Wildman–Crippen MR) is 60.2 cm³/mol. The molecule has 1 rings (SSSR count). The van der Waals surface area contributed by atoms with Crippen LogP contribution in [0.5, 0.6) is 0 Å². The molecule has 5 nitrogen and oxygen atoms in total. The molecule has 0 radical (unpaired) electrons. The summed E-state index contributed by atoms with van der Waals surface area (Å²) in [7, 11) is 0. The van der Waals surface area contributed by atoms with E-state index in [1.165, 1.54) is 0 Å². The highest BCUT2D eigenvalue weighted by molar-refractivity contribution is 5.77. The molecule has 1 aliphatic rings. The van der Waals surface area contributed by atoms with Gasteiger partial charge in [-0.05, 0) is 33.6 Å². The van der Waals surface area contributed by atoms with Gasteiger partial charge in [-0.3, -0.25) is 4.79 Å². The molecule has 0 bridgehead atoms. The molecule has 0 saturated carbocycles. The average Bonchev–Trinajstić information content (AvgIpc) is 2.15. The van der Waals surface area contributed by atoms with Crippen LogP contribution >= 0.6 is 0 Å². The van der Waals surface area contributed by atoms with Crippen LogP contribution in [-0.4, -0.2) is 40.6 Å². The summed E-state index contributed by atoms with van der Waals surface area (Å²) in [5.41, 5.74) is -0.284. The van der Waals surface area contributed by atoms with Gasteiger partial charge in [-0.1, -0.05) is 0 Å². The van der Waals surface area contributed by atoms with Gasteiger partial charge < -0.3 is 15.3 Å². The summed E-state index contributed by atoms with van der Waals surface area (Å²) >= 11 is 0. The van der Waals surface area contributed by atoms with Gasteiger partial charge in [0.1, 0.15) is 0 Å². The lowest BCUT2D eigenvalue weighted by Gasteiger charge is -2.33. The Labute approximate surface area is 95.8 Å². The number of nitrogens with one attached hydrogen (secondary N) is 1. The van der Waals surface area contributed by atoms with Crippen LogP contribution in [0.3, 0.4) is 0 Å². The molecule has 1 atom stereocenters. The highest BCUT2D eigenvalue weighted by Gasteiger charge is 2.29. The SMILES string of the molecule is CC(C)(C)NC(=O)N1CCCC(C(=O)O)C1. The summed E-state index contributed by atoms with van der Waals surface area (Å²) in [6.07, 6.45) is 1.42. The molecule has 0 aromatic heterocycles. The zero-order valence-corrected chi connectivity index (χ0v) is 10.1. The van der Waals surface area contributed by atoms with Crippen molar-refractivity contribution in [1.82, 2.24) is 10.2 Å². The van der Waals surface area contributed by atoms with Gasteiger partial charge in [-0.15, -0.1) is 0 Å². The minimum Gasteiger partial charge on any atom is -0.481 e. The molecule has 16 heavy (non-hydrogen) atoms. The third kappa shape index (κ3) is 3.72. The fraction of sp³-hybridized carbons (Fsp3) is 0.818. The van der Waals surface area contributed by atoms with Gasteiger partial charge in [0, 0.05) is 18.6 Å². The van der Waals surface area contributed by atoms with Crippen molar-refractivity contribution in [3.05, 3.63) is 0 Å². The smallest absolute Gasteiger partial charge is 0.317 e. The number of nitrogens with zero attached hydrogens (tertiary/aromatic N) is 1. The van der Waals surface area contributed by atoms with Crippen molar-refractivity contribution < 1.29 is 14.7 Å². The lowest BCUT2D eigenvalue weighted by molar-refractivity contribution is -0.143. The number of aliphatic carboxylic acids is 1. The molecule has 2 N–H and O–H groups in total. The average molecular weight is 228 g/mol. The first-order valence-corrected chi connectivity index (χ1v) is 5.59. The van der Waals surface area contributed by atoms with E-state index in [2.05, 4.69) is 5.32 Å². The lowest BCUT2D eigenvalue weighted by atomic mass is 9.98. The van der Waals surface area contributed by atoms with Crippen molar-refractivity contribution in [2.45, 2.75) is 39.2 Å². The topological polar surface area (TPSA) is 69.6 Å². The Balaban J connectivity index is 2.54. The molecule has 0 spiro atoms. The van der Waals surface area contributed by atoms with E-state index in [0.717, 1.165) is 6.42 Å². The van der Waals surface area contributed by atoms with Crippen LogP contribution in [0.25, 0.3) is 0 Å². The Bertz CT molecular complexity index is 283. The first-order valence-electron chi connectivity index (χ1n) is 5.59. The number of amides is 2. The quantitative estimate of drug-likeness (QED) is 0.710. The van der Waals surface area contributed by atoms with Gasteiger partial charge in [0.15, 0.2) is 0 Å². The number of likely N-dealkylation sites (tertiary alicyclic amines) is 1. The minimum atomic E-state index is -0.812. The predicted octanol–water partition coefficient (Wildman–Crippen LogP) is 1.29. The standard InChI is InChI=1S/C11H20N2O3/c1-11(2,3)12-10(16)13-6-4-5-8(7-13)9(14)15/h8H,4-7H2,1-3H3,(H,12,16)(H,14,15). The van der Waals surface area contributed by atoms with Gasteiger partial charge in [-0.2, -0.15) is 0 Å². The molecule has 1 aliphatic heterocycles. The second kappa shape index (κ2) is 4.72. The third-order valence-corrected chi connectivity index (χ3v) is 2.54. The number of urea groups is 1. The van der Waals surface area contributed by atoms with Crippen molar-refractivity contribution >= 4 is 12.0 Å². The molecule has 1 heterocycles. The van der Waals surface area contributed by atoms with Gasteiger partial charge in [-0.25, -0.2) is 4.79 Å². The van der Waals surface area contributed by atoms with Crippen molar-refractivity contribution in [3.8, 4) is 0 Å². The number of hydrogen-bond donors (Lipinski definition) is 2. The fourth-order valence-electron chi connectivity index (χ4n) is 1.76. The van der Waals surface area contributed by atoms with E-state index in [1.807, 2.05) is 20.8 Å². The van der Waals surface area contributed by atoms with Gasteiger partial charge in [0.05, 0.1) is 5.92 Å². The summed E-state index contributed by atoms with van der Waals surface area (Å²) < 4.78 is 0. The first-order chi connectivity index (χ1) is 7.29. The molecule has 5 heteroatoms. The second-order valence-electron chi connectivity index (χ2n) is 5.30. The maximum atomic E-state index is 11.8. The number of carbonyl (C=O) groups excluding carboxylic acids is 1. The summed E-state index contributed by atoms with van der Waals surface area (Å²) in [6, 6.07) is -0.168. The second-order valence-corrected chi connectivity index (χ2v) is 5.30. The Kier molecular flexibility index (Phi) is 3.78. The molecule has 2 amide bonds. The molecule has 92 valence electrons. The van der Waals surface area contributed by atoms with Crippen molar-refractivity contribution in [2.75, 3.05) is 13.1 Å². The normalized spacial score (nSPS) is 21.7. The number of piperidine rings is 1. The molecular weight excluding hydrogens is 208 g/mol. The number of rotatable bonds is 1. The Morgan fingerprint density at radius 2 is 2.00 bits per heavy atom. The maximum Gasteiger partial charge on any atom is 0.317 e. The highest BCUT2D eigenvalue weighted by atomic mass is 16.4. The third-order valence-electron chi connectivity index (χ3n) is 2.54. The summed E-state index contributed by atoms with van der Waals surface area (Å²) in [5, 5.41) is 11.8. The summed E-state index contributed by atoms with van der Waals surface area (Å²) in [6.45, 7) is 6.68. The van der Waals surface area contributed by atoms with E-state index in [-0.39, 0.29) is 11.6 Å². The Morgan fingerprint density at radius 3 is 2.50 bits per heavy atom. The Hall–Kier alpha value is -1.26. The number of hydrogen-bond acceptors (Lipinski definition) is 2. The van der Waals surface area contributed by atoms with Crippen molar-refractivity contribution in [1.29, 1.82) is 0 Å². The van der Waals surface area contributed by atoms with Gasteiger partial charge >= 0.3 is 12.0 Å². The van der Waals surface area contributed by atoms with Crippen LogP contribution in [0.2, 0.25) is 0 Å². The molecular formula is C11H20N2O3. The molecule has 1 fully saturated rings. The lowest BCUT2D eigenvalue weighted by Crippen LogP contribution is -2.52. The fourth-order valence-corrected chi connectivity index (χ4v) is 1.76. The van der Waals surface area contributed by atoms with E-state index in [1.54, 1.807) is 4.90 Å². The molecule has 1 unspecified atom stereocenters. The largest absolute Gasteiger partial charge is 0.481 e. The van der Waals surface area contributed by atoms with Gasteiger partial charge in [0.25, 0.3) is 0 Å². The van der Waals surface area contributed by atoms with Gasteiger partial charge in [0.2, 0.25) is 0 Å². The summed E-state index contributed by atoms with van der Waals surface area (Å²) in [4.78, 5) is 24.2. The molecule has 1 saturated heterocycles. The van der Waals surface area contributed by atoms with Crippen LogP contribution < -0.4 is 5.32 Å². The van der Waals surface area contributed by atoms with Crippen LogP contribution in [0.15, 0.2) is 0 Å². The molecule has 0 aliphatic carbocycles. The number of carboxylic acid groups (broad SMARTS) is 1. The van der Waals surface area contributed by atoms with E-state index in [0.29, 0.717) is 19.5 Å². The van der Waals surface area contributed by atoms with Crippen LogP contribution in [0, 0.1) is 5.92 Å².